The highest BCUT2D eigenvalue weighted by Crippen LogP contribution is 2.28. The molecule has 2 aromatic rings. The monoisotopic (exact) mass is 278 g/mol. The number of methoxy groups -OCH3 is 1. The Morgan fingerprint density at radius 3 is 2.74 bits per heavy atom. The molecule has 0 unspecified atom stereocenters. The van der Waals surface area contributed by atoms with E-state index >= 15 is 0 Å². The van der Waals surface area contributed by atoms with Crippen molar-refractivity contribution in [1.82, 2.24) is 9.97 Å². The molecular weight excluding hydrogens is 264 g/mol. The summed E-state index contributed by atoms with van der Waals surface area (Å²) in [7, 11) is 3.41. The van der Waals surface area contributed by atoms with Gasteiger partial charge in [0.2, 0.25) is 5.88 Å². The van der Waals surface area contributed by atoms with Crippen LogP contribution in [0, 0.1) is 0 Å². The normalized spacial score (nSPS) is 10.3. The number of benzene rings is 1. The van der Waals surface area contributed by atoms with E-state index in [4.69, 9.17) is 22.1 Å². The first-order valence-corrected chi connectivity index (χ1v) is 6.10. The largest absolute Gasteiger partial charge is 0.479 e. The van der Waals surface area contributed by atoms with Crippen LogP contribution in [-0.4, -0.2) is 24.1 Å². The van der Waals surface area contributed by atoms with Gasteiger partial charge in [0.15, 0.2) is 5.82 Å². The lowest BCUT2D eigenvalue weighted by Gasteiger charge is -2.20. The molecule has 6 heteroatoms. The fraction of sp³-hybridized carbons (Fsp3) is 0.231. The minimum absolute atomic E-state index is 0.371. The minimum atomic E-state index is 0.371. The lowest BCUT2D eigenvalue weighted by molar-refractivity contribution is 0.399. The number of ether oxygens (including phenoxy) is 1. The molecule has 0 fully saturated rings. The highest BCUT2D eigenvalue weighted by molar-refractivity contribution is 6.31. The molecule has 2 rings (SSSR count). The summed E-state index contributed by atoms with van der Waals surface area (Å²) in [6.07, 6.45) is 1.42. The van der Waals surface area contributed by atoms with Crippen molar-refractivity contribution in [2.75, 3.05) is 24.8 Å². The summed E-state index contributed by atoms with van der Waals surface area (Å²) in [5.74, 6) is 0.989. The van der Waals surface area contributed by atoms with Crippen LogP contribution >= 0.6 is 11.6 Å². The number of nitrogens with two attached hydrogens (primary N) is 1. The highest BCUT2D eigenvalue weighted by Gasteiger charge is 2.13. The molecule has 100 valence electrons. The van der Waals surface area contributed by atoms with Crippen molar-refractivity contribution in [2.45, 2.75) is 6.54 Å². The van der Waals surface area contributed by atoms with Gasteiger partial charge >= 0.3 is 0 Å². The first-order chi connectivity index (χ1) is 9.13. The van der Waals surface area contributed by atoms with Crippen molar-refractivity contribution in [2.24, 2.45) is 0 Å². The maximum atomic E-state index is 6.14. The summed E-state index contributed by atoms with van der Waals surface area (Å²) in [6, 6.07) is 7.66. The smallest absolute Gasteiger partial charge is 0.242 e. The zero-order valence-corrected chi connectivity index (χ0v) is 11.6. The lowest BCUT2D eigenvalue weighted by atomic mass is 10.2. The second-order valence-electron chi connectivity index (χ2n) is 4.07. The fourth-order valence-electron chi connectivity index (χ4n) is 1.79. The topological polar surface area (TPSA) is 64.3 Å². The van der Waals surface area contributed by atoms with Gasteiger partial charge in [-0.2, -0.15) is 4.98 Å². The SMILES string of the molecule is COc1ncnc(N(C)Cc2ccccc2Cl)c1N. The Balaban J connectivity index is 2.26. The molecule has 0 aliphatic carbocycles. The molecule has 0 spiro atoms. The Morgan fingerprint density at radius 1 is 1.32 bits per heavy atom. The van der Waals surface area contributed by atoms with Gasteiger partial charge in [-0.15, -0.1) is 0 Å². The van der Waals surface area contributed by atoms with Crippen LogP contribution in [-0.2, 0) is 6.54 Å². The van der Waals surface area contributed by atoms with Gasteiger partial charge in [-0.1, -0.05) is 29.8 Å². The number of nitrogen functional groups attached to an aromatic ring is 1. The van der Waals surface area contributed by atoms with Crippen molar-refractivity contribution >= 4 is 23.1 Å². The van der Waals surface area contributed by atoms with Gasteiger partial charge in [-0.3, -0.25) is 0 Å². The number of aromatic nitrogens is 2. The Morgan fingerprint density at radius 2 is 2.05 bits per heavy atom. The molecule has 0 atom stereocenters. The van der Waals surface area contributed by atoms with Gasteiger partial charge in [0, 0.05) is 18.6 Å². The predicted octanol–water partition coefficient (Wildman–Crippen LogP) is 2.36. The van der Waals surface area contributed by atoms with E-state index in [0.717, 1.165) is 5.56 Å². The first-order valence-electron chi connectivity index (χ1n) is 5.72. The van der Waals surface area contributed by atoms with E-state index in [2.05, 4.69) is 9.97 Å². The first kappa shape index (κ1) is 13.4. The lowest BCUT2D eigenvalue weighted by Crippen LogP contribution is -2.20. The van der Waals surface area contributed by atoms with Crippen molar-refractivity contribution in [3.63, 3.8) is 0 Å². The van der Waals surface area contributed by atoms with Crippen molar-refractivity contribution in [3.8, 4) is 5.88 Å². The van der Waals surface area contributed by atoms with E-state index in [0.29, 0.717) is 29.0 Å². The van der Waals surface area contributed by atoms with Crippen LogP contribution in [0.5, 0.6) is 5.88 Å². The molecule has 0 saturated heterocycles. The molecule has 1 aromatic heterocycles. The third-order valence-corrected chi connectivity index (χ3v) is 3.12. The van der Waals surface area contributed by atoms with Gasteiger partial charge < -0.3 is 15.4 Å². The van der Waals surface area contributed by atoms with Crippen molar-refractivity contribution in [1.29, 1.82) is 0 Å². The molecule has 0 aliphatic heterocycles. The number of halogens is 1. The number of anilines is 2. The molecule has 1 aromatic carbocycles. The second-order valence-corrected chi connectivity index (χ2v) is 4.47. The summed E-state index contributed by atoms with van der Waals surface area (Å²) in [5, 5.41) is 0.717. The summed E-state index contributed by atoms with van der Waals surface area (Å²) in [5.41, 5.74) is 7.38. The van der Waals surface area contributed by atoms with Gasteiger partial charge in [0.25, 0.3) is 0 Å². The highest BCUT2D eigenvalue weighted by atomic mass is 35.5. The molecule has 0 radical (unpaired) electrons. The summed E-state index contributed by atoms with van der Waals surface area (Å²) in [6.45, 7) is 0.601. The van der Waals surface area contributed by atoms with Crippen molar-refractivity contribution in [3.05, 3.63) is 41.2 Å². The van der Waals surface area contributed by atoms with Crippen LogP contribution in [0.15, 0.2) is 30.6 Å². The maximum Gasteiger partial charge on any atom is 0.242 e. The minimum Gasteiger partial charge on any atom is -0.479 e. The molecule has 0 saturated carbocycles. The van der Waals surface area contributed by atoms with E-state index in [9.17, 15) is 0 Å². The summed E-state index contributed by atoms with van der Waals surface area (Å²) < 4.78 is 5.08. The predicted molar refractivity (Wildman–Crippen MR) is 76.6 cm³/mol. The third kappa shape index (κ3) is 2.88. The van der Waals surface area contributed by atoms with Gasteiger partial charge in [0.05, 0.1) is 7.11 Å². The molecule has 19 heavy (non-hydrogen) atoms. The Labute approximate surface area is 117 Å². The number of rotatable bonds is 4. The molecule has 0 bridgehead atoms. The summed E-state index contributed by atoms with van der Waals surface area (Å²) in [4.78, 5) is 10.0. The van der Waals surface area contributed by atoms with Crippen LogP contribution < -0.4 is 15.4 Å². The third-order valence-electron chi connectivity index (χ3n) is 2.75. The van der Waals surface area contributed by atoms with Crippen LogP contribution in [0.3, 0.4) is 0 Å². The van der Waals surface area contributed by atoms with Crippen LogP contribution in [0.25, 0.3) is 0 Å². The van der Waals surface area contributed by atoms with E-state index in [-0.39, 0.29) is 0 Å². The van der Waals surface area contributed by atoms with E-state index in [1.54, 1.807) is 0 Å². The van der Waals surface area contributed by atoms with Crippen LogP contribution in [0.2, 0.25) is 5.02 Å². The van der Waals surface area contributed by atoms with E-state index in [1.165, 1.54) is 13.4 Å². The zero-order valence-electron chi connectivity index (χ0n) is 10.8. The Bertz CT molecular complexity index is 576. The molecule has 2 N–H and O–H groups in total. The Hall–Kier alpha value is -2.01. The number of hydrogen-bond acceptors (Lipinski definition) is 5. The van der Waals surface area contributed by atoms with Gasteiger partial charge in [-0.25, -0.2) is 4.98 Å². The number of hydrogen-bond donors (Lipinski definition) is 1. The van der Waals surface area contributed by atoms with Crippen LogP contribution in [0.1, 0.15) is 5.56 Å². The van der Waals surface area contributed by atoms with Gasteiger partial charge in [-0.05, 0) is 11.6 Å². The second kappa shape index (κ2) is 5.75. The molecular formula is C13H15ClN4O. The standard InChI is InChI=1S/C13H15ClN4O/c1-18(7-9-5-3-4-6-10(9)14)12-11(15)13(19-2)17-8-16-12/h3-6,8H,7,15H2,1-2H3. The zero-order chi connectivity index (χ0) is 13.8. The molecule has 0 aliphatic rings. The summed E-state index contributed by atoms with van der Waals surface area (Å²) >= 11 is 6.14. The number of nitrogens with zero attached hydrogens (tertiary/aromatic N) is 3. The molecule has 5 nitrogen and oxygen atoms in total. The van der Waals surface area contributed by atoms with Crippen LogP contribution in [0.4, 0.5) is 11.5 Å². The van der Waals surface area contributed by atoms with Crippen molar-refractivity contribution < 1.29 is 4.74 Å². The average molecular weight is 279 g/mol. The van der Waals surface area contributed by atoms with E-state index < -0.39 is 0 Å². The molecule has 1 heterocycles. The average Bonchev–Trinajstić information content (AvgIpc) is 2.41. The fourth-order valence-corrected chi connectivity index (χ4v) is 1.99. The van der Waals surface area contributed by atoms with E-state index in [1.807, 2.05) is 36.2 Å². The maximum absolute atomic E-state index is 6.14. The van der Waals surface area contributed by atoms with Gasteiger partial charge in [0.1, 0.15) is 12.0 Å². The quantitative estimate of drug-likeness (QED) is 0.930. The molecule has 0 amide bonds. The Kier molecular flexibility index (Phi) is 4.06.